The van der Waals surface area contributed by atoms with Gasteiger partial charge in [-0.25, -0.2) is 4.39 Å². The van der Waals surface area contributed by atoms with Crippen LogP contribution in [0.4, 0.5) is 4.39 Å². The zero-order chi connectivity index (χ0) is 26.7. The van der Waals surface area contributed by atoms with Crippen molar-refractivity contribution in [3.05, 3.63) is 53.3 Å². The lowest BCUT2D eigenvalue weighted by atomic mass is 9.98. The first-order valence-electron chi connectivity index (χ1n) is 11.7. The van der Waals surface area contributed by atoms with Gasteiger partial charge in [-0.1, -0.05) is 32.4 Å². The zero-order valence-corrected chi connectivity index (χ0v) is 21.4. The van der Waals surface area contributed by atoms with E-state index in [1.54, 1.807) is 24.3 Å². The van der Waals surface area contributed by atoms with Crippen molar-refractivity contribution in [1.82, 2.24) is 16.0 Å². The summed E-state index contributed by atoms with van der Waals surface area (Å²) >= 11 is 0. The number of guanidine groups is 1. The van der Waals surface area contributed by atoms with Crippen molar-refractivity contribution in [2.45, 2.75) is 45.7 Å². The molecular weight excluding hydrogens is 467 g/mol. The van der Waals surface area contributed by atoms with Crippen LogP contribution in [0.15, 0.2) is 36.4 Å². The molecule has 0 spiro atoms. The van der Waals surface area contributed by atoms with Crippen molar-refractivity contribution in [3.8, 4) is 17.2 Å². The molecule has 196 valence electrons. The summed E-state index contributed by atoms with van der Waals surface area (Å²) in [4.78, 5) is 25.4. The number of halogens is 1. The lowest BCUT2D eigenvalue weighted by Crippen LogP contribution is -2.52. The molecular formula is C26H35FN4O5. The molecule has 0 saturated carbocycles. The SMILES string of the molecule is CCC(C)CC(NC(=N)NC(=O)Cc1ccc(OC)c(OC)c1)C(=O)NCc1ccc(F)c(OC)c1. The van der Waals surface area contributed by atoms with Crippen LogP contribution in [0.25, 0.3) is 0 Å². The standard InChI is InChI=1S/C26H35FN4O5/c1-6-16(2)11-20(25(33)29-15-18-7-9-19(27)22(13-18)35-4)30-26(28)31-24(32)14-17-8-10-21(34-3)23(12-17)36-5/h7-10,12-13,16,20H,6,11,14-15H2,1-5H3,(H,29,33)(H3,28,30,31,32). The third-order valence-electron chi connectivity index (χ3n) is 5.73. The fourth-order valence-electron chi connectivity index (χ4n) is 3.50. The molecule has 2 amide bonds. The molecule has 2 rings (SSSR count). The van der Waals surface area contributed by atoms with E-state index in [2.05, 4.69) is 16.0 Å². The van der Waals surface area contributed by atoms with E-state index >= 15 is 0 Å². The number of hydrogen-bond acceptors (Lipinski definition) is 6. The number of hydrogen-bond donors (Lipinski definition) is 4. The third-order valence-corrected chi connectivity index (χ3v) is 5.73. The van der Waals surface area contributed by atoms with E-state index in [0.29, 0.717) is 29.0 Å². The Morgan fingerprint density at radius 2 is 1.61 bits per heavy atom. The first kappa shape index (κ1) is 28.4. The predicted octanol–water partition coefficient (Wildman–Crippen LogP) is 3.16. The first-order valence-corrected chi connectivity index (χ1v) is 11.7. The lowest BCUT2D eigenvalue weighted by Gasteiger charge is -2.22. The number of benzene rings is 2. The number of rotatable bonds is 12. The van der Waals surface area contributed by atoms with Crippen LogP contribution < -0.4 is 30.2 Å². The van der Waals surface area contributed by atoms with E-state index in [9.17, 15) is 14.0 Å². The van der Waals surface area contributed by atoms with Gasteiger partial charge in [0.1, 0.15) is 6.04 Å². The fraction of sp³-hybridized carbons (Fsp3) is 0.423. The minimum Gasteiger partial charge on any atom is -0.494 e. The molecule has 2 aromatic carbocycles. The summed E-state index contributed by atoms with van der Waals surface area (Å²) in [5, 5.41) is 16.3. The summed E-state index contributed by atoms with van der Waals surface area (Å²) in [6, 6.07) is 8.75. The van der Waals surface area contributed by atoms with Gasteiger partial charge in [0.25, 0.3) is 0 Å². The molecule has 9 nitrogen and oxygen atoms in total. The summed E-state index contributed by atoms with van der Waals surface area (Å²) in [7, 11) is 4.41. The predicted molar refractivity (Wildman–Crippen MR) is 135 cm³/mol. The average molecular weight is 503 g/mol. The average Bonchev–Trinajstić information content (AvgIpc) is 2.87. The molecule has 0 aliphatic heterocycles. The van der Waals surface area contributed by atoms with Gasteiger partial charge in [-0.3, -0.25) is 20.3 Å². The van der Waals surface area contributed by atoms with E-state index in [1.165, 1.54) is 33.5 Å². The maximum Gasteiger partial charge on any atom is 0.242 e. The maximum absolute atomic E-state index is 13.6. The Labute approximate surface area is 211 Å². The first-order chi connectivity index (χ1) is 17.2. The van der Waals surface area contributed by atoms with E-state index < -0.39 is 17.8 Å². The molecule has 36 heavy (non-hydrogen) atoms. The molecule has 0 radical (unpaired) electrons. The van der Waals surface area contributed by atoms with Crippen molar-refractivity contribution in [3.63, 3.8) is 0 Å². The van der Waals surface area contributed by atoms with Gasteiger partial charge in [-0.05, 0) is 47.7 Å². The zero-order valence-electron chi connectivity index (χ0n) is 21.4. The van der Waals surface area contributed by atoms with Crippen LogP contribution in [-0.2, 0) is 22.6 Å². The monoisotopic (exact) mass is 502 g/mol. The third kappa shape index (κ3) is 8.44. The molecule has 0 aliphatic rings. The molecule has 0 bridgehead atoms. The van der Waals surface area contributed by atoms with Crippen LogP contribution in [0, 0.1) is 17.1 Å². The Morgan fingerprint density at radius 3 is 2.25 bits per heavy atom. The second-order valence-electron chi connectivity index (χ2n) is 8.42. The van der Waals surface area contributed by atoms with Crippen molar-refractivity contribution >= 4 is 17.8 Å². The number of carbonyl (C=O) groups excluding carboxylic acids is 2. The summed E-state index contributed by atoms with van der Waals surface area (Å²) < 4.78 is 29.1. The van der Waals surface area contributed by atoms with Crippen molar-refractivity contribution in [1.29, 1.82) is 5.41 Å². The highest BCUT2D eigenvalue weighted by Crippen LogP contribution is 2.27. The van der Waals surface area contributed by atoms with Crippen LogP contribution in [0.3, 0.4) is 0 Å². The summed E-state index contributed by atoms with van der Waals surface area (Å²) in [6.45, 7) is 4.18. The van der Waals surface area contributed by atoms with Crippen molar-refractivity contribution in [2.75, 3.05) is 21.3 Å². The van der Waals surface area contributed by atoms with E-state index in [1.807, 2.05) is 13.8 Å². The molecule has 2 atom stereocenters. The van der Waals surface area contributed by atoms with Crippen molar-refractivity contribution < 1.29 is 28.2 Å². The largest absolute Gasteiger partial charge is 0.494 e. The topological polar surface area (TPSA) is 122 Å². The molecule has 0 aromatic heterocycles. The van der Waals surface area contributed by atoms with Crippen LogP contribution >= 0.6 is 0 Å². The molecule has 10 heteroatoms. The van der Waals surface area contributed by atoms with Gasteiger partial charge < -0.3 is 24.8 Å². The Morgan fingerprint density at radius 1 is 0.972 bits per heavy atom. The Kier molecular flexibility index (Phi) is 11.0. The highest BCUT2D eigenvalue weighted by Gasteiger charge is 2.22. The maximum atomic E-state index is 13.6. The second-order valence-corrected chi connectivity index (χ2v) is 8.42. The molecule has 0 saturated heterocycles. The normalized spacial score (nSPS) is 12.2. The highest BCUT2D eigenvalue weighted by atomic mass is 19.1. The van der Waals surface area contributed by atoms with Gasteiger partial charge in [0, 0.05) is 6.54 Å². The summed E-state index contributed by atoms with van der Waals surface area (Å²) in [5.41, 5.74) is 1.35. The van der Waals surface area contributed by atoms with Gasteiger partial charge in [0.05, 0.1) is 27.8 Å². The van der Waals surface area contributed by atoms with Crippen LogP contribution in [-0.4, -0.2) is 45.1 Å². The van der Waals surface area contributed by atoms with E-state index in [-0.39, 0.29) is 36.5 Å². The van der Waals surface area contributed by atoms with Crippen LogP contribution in [0.5, 0.6) is 17.2 Å². The van der Waals surface area contributed by atoms with Gasteiger partial charge >= 0.3 is 0 Å². The Hall–Kier alpha value is -3.82. The van der Waals surface area contributed by atoms with E-state index in [4.69, 9.17) is 19.6 Å². The molecule has 0 aliphatic carbocycles. The highest BCUT2D eigenvalue weighted by molar-refractivity contribution is 5.98. The smallest absolute Gasteiger partial charge is 0.242 e. The van der Waals surface area contributed by atoms with Crippen LogP contribution in [0.2, 0.25) is 0 Å². The number of methoxy groups -OCH3 is 3. The van der Waals surface area contributed by atoms with Gasteiger partial charge in [0.2, 0.25) is 11.8 Å². The second kappa shape index (κ2) is 13.9. The van der Waals surface area contributed by atoms with Crippen LogP contribution in [0.1, 0.15) is 37.8 Å². The van der Waals surface area contributed by atoms with Gasteiger partial charge in [0.15, 0.2) is 29.0 Å². The number of ether oxygens (including phenoxy) is 3. The summed E-state index contributed by atoms with van der Waals surface area (Å²) in [5.74, 6) is -0.162. The molecule has 2 unspecified atom stereocenters. The minimum absolute atomic E-state index is 0.0129. The number of carbonyl (C=O) groups is 2. The Balaban J connectivity index is 1.99. The molecule has 4 N–H and O–H groups in total. The van der Waals surface area contributed by atoms with Gasteiger partial charge in [-0.15, -0.1) is 0 Å². The number of amides is 2. The lowest BCUT2D eigenvalue weighted by molar-refractivity contribution is -0.123. The Bertz CT molecular complexity index is 1060. The number of nitrogens with one attached hydrogen (secondary N) is 4. The van der Waals surface area contributed by atoms with Gasteiger partial charge in [-0.2, -0.15) is 0 Å². The molecule has 2 aromatic rings. The summed E-state index contributed by atoms with van der Waals surface area (Å²) in [6.07, 6.45) is 1.32. The fourth-order valence-corrected chi connectivity index (χ4v) is 3.50. The molecule has 0 fully saturated rings. The molecule has 0 heterocycles. The quantitative estimate of drug-likeness (QED) is 0.261. The van der Waals surface area contributed by atoms with E-state index in [0.717, 1.165) is 6.42 Å². The van der Waals surface area contributed by atoms with Crippen molar-refractivity contribution in [2.24, 2.45) is 5.92 Å². The minimum atomic E-state index is -0.740.